The van der Waals surface area contributed by atoms with E-state index in [1.807, 2.05) is 43.3 Å². The summed E-state index contributed by atoms with van der Waals surface area (Å²) in [5.74, 6) is 1.09. The zero-order valence-electron chi connectivity index (χ0n) is 21.8. The molecule has 202 valence electrons. The van der Waals surface area contributed by atoms with Gasteiger partial charge in [-0.3, -0.25) is 9.59 Å². The number of rotatable bonds is 10. The number of carbonyl (C=O) groups excluding carboxylic acids is 1. The number of nitrogens with one attached hydrogen (secondary N) is 1. The summed E-state index contributed by atoms with van der Waals surface area (Å²) in [5, 5.41) is 7.79. The van der Waals surface area contributed by atoms with Gasteiger partial charge in [0.1, 0.15) is 5.82 Å². The molecule has 0 bridgehead atoms. The van der Waals surface area contributed by atoms with Gasteiger partial charge in [-0.1, -0.05) is 47.0 Å². The predicted molar refractivity (Wildman–Crippen MR) is 161 cm³/mol. The first-order valence-electron chi connectivity index (χ1n) is 12.4. The average Bonchev–Trinajstić information content (AvgIpc) is 2.92. The van der Waals surface area contributed by atoms with Crippen LogP contribution in [0, 0.1) is 6.92 Å². The van der Waals surface area contributed by atoms with Crippen LogP contribution >= 0.6 is 31.9 Å². The molecule has 0 radical (unpaired) electrons. The van der Waals surface area contributed by atoms with Crippen LogP contribution in [-0.4, -0.2) is 35.5 Å². The Morgan fingerprint density at radius 1 is 1.13 bits per heavy atom. The van der Waals surface area contributed by atoms with Gasteiger partial charge in [-0.05, 0) is 77.3 Å². The molecule has 1 aromatic heterocycles. The van der Waals surface area contributed by atoms with Crippen LogP contribution in [0.2, 0.25) is 0 Å². The average molecular weight is 656 g/mol. The summed E-state index contributed by atoms with van der Waals surface area (Å²) in [6.45, 7) is 3.86. The molecule has 0 fully saturated rings. The van der Waals surface area contributed by atoms with Gasteiger partial charge < -0.3 is 14.8 Å². The van der Waals surface area contributed by atoms with E-state index in [0.29, 0.717) is 50.4 Å². The van der Waals surface area contributed by atoms with Crippen LogP contribution in [0.3, 0.4) is 0 Å². The molecule has 39 heavy (non-hydrogen) atoms. The molecule has 8 nitrogen and oxygen atoms in total. The first-order valence-corrected chi connectivity index (χ1v) is 14.0. The van der Waals surface area contributed by atoms with Gasteiger partial charge in [-0.25, -0.2) is 4.98 Å². The molecular formula is C29H28Br2N4O4. The molecule has 0 saturated carbocycles. The third-order valence-corrected chi connectivity index (χ3v) is 6.97. The zero-order valence-corrected chi connectivity index (χ0v) is 25.0. The first-order chi connectivity index (χ1) is 18.8. The topological polar surface area (TPSA) is 94.8 Å². The molecule has 0 spiro atoms. The van der Waals surface area contributed by atoms with E-state index in [-0.39, 0.29) is 18.1 Å². The van der Waals surface area contributed by atoms with Gasteiger partial charge in [0.15, 0.2) is 18.1 Å². The molecule has 0 aliphatic carbocycles. The first kappa shape index (κ1) is 28.5. The van der Waals surface area contributed by atoms with Crippen LogP contribution in [0.4, 0.5) is 5.69 Å². The molecule has 10 heteroatoms. The van der Waals surface area contributed by atoms with Crippen LogP contribution in [0.25, 0.3) is 10.9 Å². The van der Waals surface area contributed by atoms with E-state index in [1.54, 1.807) is 24.4 Å². The molecule has 0 aliphatic heterocycles. The fraction of sp³-hybridized carbons (Fsp3) is 0.241. The maximum Gasteiger partial charge on any atom is 0.282 e. The van der Waals surface area contributed by atoms with Gasteiger partial charge in [0, 0.05) is 16.6 Å². The van der Waals surface area contributed by atoms with Crippen molar-refractivity contribution in [2.45, 2.75) is 33.1 Å². The number of hydrogen-bond donors (Lipinski definition) is 1. The summed E-state index contributed by atoms with van der Waals surface area (Å²) in [6.07, 6.45) is 4.04. The lowest BCUT2D eigenvalue weighted by atomic mass is 10.2. The highest BCUT2D eigenvalue weighted by Crippen LogP contribution is 2.36. The second-order valence-electron chi connectivity index (χ2n) is 8.89. The van der Waals surface area contributed by atoms with Crippen molar-refractivity contribution in [1.29, 1.82) is 0 Å². The lowest BCUT2D eigenvalue weighted by Crippen LogP contribution is -2.22. The third-order valence-electron chi connectivity index (χ3n) is 5.89. The van der Waals surface area contributed by atoms with Crippen LogP contribution in [-0.2, 0) is 11.2 Å². The van der Waals surface area contributed by atoms with Gasteiger partial charge in [0.05, 0.1) is 28.7 Å². The van der Waals surface area contributed by atoms with Crippen molar-refractivity contribution in [2.75, 3.05) is 19.0 Å². The summed E-state index contributed by atoms with van der Waals surface area (Å²) in [4.78, 5) is 30.4. The third kappa shape index (κ3) is 7.13. The number of methoxy groups -OCH3 is 1. The van der Waals surface area contributed by atoms with Crippen molar-refractivity contribution in [3.05, 3.63) is 90.8 Å². The number of aryl methyl sites for hydroxylation is 2. The number of unbranched alkanes of at least 4 members (excludes halogenated alkanes) is 1. The smallest absolute Gasteiger partial charge is 0.282 e. The Hall–Kier alpha value is -3.50. The fourth-order valence-electron chi connectivity index (χ4n) is 3.86. The van der Waals surface area contributed by atoms with Crippen LogP contribution < -0.4 is 20.3 Å². The Kier molecular flexibility index (Phi) is 9.53. The Morgan fingerprint density at radius 3 is 2.62 bits per heavy atom. The second kappa shape index (κ2) is 13.0. The number of fused-ring (bicyclic) bond motifs is 1. The quantitative estimate of drug-likeness (QED) is 0.197. The van der Waals surface area contributed by atoms with E-state index in [2.05, 4.69) is 49.2 Å². The number of halogens is 2. The molecule has 1 heterocycles. The lowest BCUT2D eigenvalue weighted by Gasteiger charge is -2.14. The number of ether oxygens (including phenoxy) is 2. The molecule has 0 saturated heterocycles. The zero-order chi connectivity index (χ0) is 27.9. The number of anilines is 1. The summed E-state index contributed by atoms with van der Waals surface area (Å²) in [6, 6.07) is 16.5. The number of benzene rings is 3. The fourth-order valence-corrected chi connectivity index (χ4v) is 4.80. The minimum absolute atomic E-state index is 0.204. The standard InChI is InChI=1S/C29H28Br2N4O4/c1-4-5-6-26-34-24-12-9-20(30)15-22(24)29(37)35(26)32-16-19-13-23(31)28(25(14-19)38-3)39-17-27(36)33-21-10-7-18(2)8-11-21/h7-16H,4-6,17H2,1-3H3,(H,33,36). The van der Waals surface area contributed by atoms with Crippen molar-refractivity contribution in [1.82, 2.24) is 9.66 Å². The van der Waals surface area contributed by atoms with Crippen molar-refractivity contribution in [3.63, 3.8) is 0 Å². The van der Waals surface area contributed by atoms with Crippen molar-refractivity contribution in [3.8, 4) is 11.5 Å². The Bertz CT molecular complexity index is 1580. The molecule has 3 aromatic carbocycles. The summed E-state index contributed by atoms with van der Waals surface area (Å²) >= 11 is 6.94. The van der Waals surface area contributed by atoms with Crippen molar-refractivity contribution in [2.24, 2.45) is 5.10 Å². The number of hydrogen-bond acceptors (Lipinski definition) is 6. The minimum Gasteiger partial charge on any atom is -0.493 e. The Morgan fingerprint density at radius 2 is 1.90 bits per heavy atom. The molecule has 4 rings (SSSR count). The van der Waals surface area contributed by atoms with E-state index in [0.717, 1.165) is 22.9 Å². The van der Waals surface area contributed by atoms with Crippen LogP contribution in [0.5, 0.6) is 11.5 Å². The normalized spacial score (nSPS) is 11.2. The molecular weight excluding hydrogens is 628 g/mol. The highest BCUT2D eigenvalue weighted by molar-refractivity contribution is 9.10. The van der Waals surface area contributed by atoms with Crippen LogP contribution in [0.1, 0.15) is 36.7 Å². The number of carbonyl (C=O) groups is 1. The largest absolute Gasteiger partial charge is 0.493 e. The SMILES string of the molecule is CCCCc1nc2ccc(Br)cc2c(=O)n1N=Cc1cc(Br)c(OCC(=O)Nc2ccc(C)cc2)c(OC)c1. The maximum atomic E-state index is 13.3. The Labute approximate surface area is 243 Å². The Balaban J connectivity index is 1.58. The highest BCUT2D eigenvalue weighted by atomic mass is 79.9. The molecule has 1 N–H and O–H groups in total. The van der Waals surface area contributed by atoms with Gasteiger partial charge in [-0.2, -0.15) is 9.78 Å². The predicted octanol–water partition coefficient (Wildman–Crippen LogP) is 6.48. The van der Waals surface area contributed by atoms with Crippen molar-refractivity contribution >= 4 is 60.6 Å². The molecule has 0 unspecified atom stereocenters. The van der Waals surface area contributed by atoms with Gasteiger partial charge in [0.25, 0.3) is 11.5 Å². The highest BCUT2D eigenvalue weighted by Gasteiger charge is 2.15. The van der Waals surface area contributed by atoms with Gasteiger partial charge in [-0.15, -0.1) is 0 Å². The number of aromatic nitrogens is 2. The number of amides is 1. The minimum atomic E-state index is -0.298. The van der Waals surface area contributed by atoms with Crippen molar-refractivity contribution < 1.29 is 14.3 Å². The molecule has 4 aromatic rings. The molecule has 0 atom stereocenters. The number of nitrogens with zero attached hydrogens (tertiary/aromatic N) is 3. The van der Waals surface area contributed by atoms with E-state index < -0.39 is 0 Å². The van der Waals surface area contributed by atoms with Gasteiger partial charge in [0.2, 0.25) is 0 Å². The van der Waals surface area contributed by atoms with Gasteiger partial charge >= 0.3 is 0 Å². The second-order valence-corrected chi connectivity index (χ2v) is 10.7. The van der Waals surface area contributed by atoms with E-state index in [4.69, 9.17) is 14.5 Å². The molecule has 1 amide bonds. The van der Waals surface area contributed by atoms with Crippen LogP contribution in [0.15, 0.2) is 73.4 Å². The molecule has 0 aliphatic rings. The van der Waals surface area contributed by atoms with E-state index in [1.165, 1.54) is 11.8 Å². The van der Waals surface area contributed by atoms with E-state index in [9.17, 15) is 9.59 Å². The monoisotopic (exact) mass is 654 g/mol. The maximum absolute atomic E-state index is 13.3. The lowest BCUT2D eigenvalue weighted by molar-refractivity contribution is -0.118. The summed E-state index contributed by atoms with van der Waals surface area (Å²) in [5.41, 5.74) is 2.86. The van der Waals surface area contributed by atoms with E-state index >= 15 is 0 Å². The summed E-state index contributed by atoms with van der Waals surface area (Å²) in [7, 11) is 1.51. The summed E-state index contributed by atoms with van der Waals surface area (Å²) < 4.78 is 14.0.